The molecule has 1 rings (SSSR count). The Bertz CT molecular complexity index is 339. The number of nitrogens with two attached hydrogens (primary N) is 1. The normalized spacial score (nSPS) is 11.2. The summed E-state index contributed by atoms with van der Waals surface area (Å²) in [7, 11) is 0. The van der Waals surface area contributed by atoms with E-state index < -0.39 is 12.3 Å². The highest BCUT2D eigenvalue weighted by Crippen LogP contribution is 2.17. The number of rotatable bonds is 2. The van der Waals surface area contributed by atoms with Crippen LogP contribution in [-0.2, 0) is 4.84 Å². The molecule has 0 heterocycles. The van der Waals surface area contributed by atoms with Crippen molar-refractivity contribution < 1.29 is 22.8 Å². The van der Waals surface area contributed by atoms with Gasteiger partial charge in [-0.05, 0) is 12.1 Å². The molecule has 0 unspecified atom stereocenters. The summed E-state index contributed by atoms with van der Waals surface area (Å²) in [6.45, 7) is 0. The predicted molar refractivity (Wildman–Crippen MR) is 43.9 cm³/mol. The van der Waals surface area contributed by atoms with Crippen LogP contribution in [0.5, 0.6) is 0 Å². The van der Waals surface area contributed by atoms with Gasteiger partial charge in [0.2, 0.25) is 0 Å². The van der Waals surface area contributed by atoms with E-state index in [4.69, 9.17) is 5.84 Å². The monoisotopic (exact) mass is 220 g/mol. The van der Waals surface area contributed by atoms with Crippen molar-refractivity contribution in [1.29, 1.82) is 0 Å². The lowest BCUT2D eigenvalue weighted by Gasteiger charge is -2.16. The first kappa shape index (κ1) is 11.5. The van der Waals surface area contributed by atoms with Gasteiger partial charge in [0.25, 0.3) is 5.91 Å². The zero-order chi connectivity index (χ0) is 11.5. The van der Waals surface area contributed by atoms with Crippen molar-refractivity contribution in [2.45, 2.75) is 6.36 Å². The molecule has 0 saturated heterocycles. The summed E-state index contributed by atoms with van der Waals surface area (Å²) in [6.07, 6.45) is -4.99. The van der Waals surface area contributed by atoms with E-state index in [0.717, 1.165) is 0 Å². The van der Waals surface area contributed by atoms with Gasteiger partial charge in [0, 0.05) is 5.56 Å². The van der Waals surface area contributed by atoms with E-state index >= 15 is 0 Å². The van der Waals surface area contributed by atoms with Crippen LogP contribution in [0.4, 0.5) is 13.2 Å². The van der Waals surface area contributed by atoms with E-state index in [-0.39, 0.29) is 10.7 Å². The summed E-state index contributed by atoms with van der Waals surface area (Å²) < 4.78 is 35.1. The molecule has 4 nitrogen and oxygen atoms in total. The predicted octanol–water partition coefficient (Wildman–Crippen LogP) is 1.45. The minimum atomic E-state index is -4.99. The molecule has 0 radical (unpaired) electrons. The van der Waals surface area contributed by atoms with E-state index in [2.05, 4.69) is 4.84 Å². The summed E-state index contributed by atoms with van der Waals surface area (Å²) in [4.78, 5) is 14.4. The topological polar surface area (TPSA) is 55.6 Å². The Morgan fingerprint density at radius 3 is 2.27 bits per heavy atom. The maximum Gasteiger partial charge on any atom is 0.545 e. The molecule has 0 bridgehead atoms. The van der Waals surface area contributed by atoms with Crippen molar-refractivity contribution in [1.82, 2.24) is 5.17 Å². The average molecular weight is 220 g/mol. The number of hydrogen-bond acceptors (Lipinski definition) is 3. The van der Waals surface area contributed by atoms with Crippen molar-refractivity contribution in [3.63, 3.8) is 0 Å². The Kier molecular flexibility index (Phi) is 3.28. The zero-order valence-corrected chi connectivity index (χ0v) is 7.36. The number of hydrazine groups is 1. The number of benzene rings is 1. The molecule has 0 aliphatic rings. The summed E-state index contributed by atoms with van der Waals surface area (Å²) in [5.41, 5.74) is 0.00394. The number of hydroxylamine groups is 1. The van der Waals surface area contributed by atoms with Gasteiger partial charge in [-0.25, -0.2) is 5.84 Å². The second-order valence-electron chi connectivity index (χ2n) is 2.53. The molecule has 0 aliphatic heterocycles. The van der Waals surface area contributed by atoms with Crippen molar-refractivity contribution in [2.24, 2.45) is 5.84 Å². The first-order valence-electron chi connectivity index (χ1n) is 3.80. The van der Waals surface area contributed by atoms with Gasteiger partial charge in [0.05, 0.1) is 0 Å². The fourth-order valence-corrected chi connectivity index (χ4v) is 0.861. The Balaban J connectivity index is 2.70. The number of nitrogens with zero attached hydrogens (tertiary/aromatic N) is 1. The Labute approximate surface area is 83.0 Å². The molecule has 2 N–H and O–H groups in total. The highest BCUT2D eigenvalue weighted by molar-refractivity contribution is 5.93. The smallest absolute Gasteiger partial charge is 0.265 e. The third kappa shape index (κ3) is 3.56. The molecular weight excluding hydrogens is 213 g/mol. The fourth-order valence-electron chi connectivity index (χ4n) is 0.861. The first-order chi connectivity index (χ1) is 6.90. The van der Waals surface area contributed by atoms with Crippen LogP contribution in [0.25, 0.3) is 0 Å². The quantitative estimate of drug-likeness (QED) is 0.466. The number of hydrogen-bond donors (Lipinski definition) is 1. The zero-order valence-electron chi connectivity index (χ0n) is 7.36. The van der Waals surface area contributed by atoms with Crippen LogP contribution in [0.15, 0.2) is 30.3 Å². The third-order valence-corrected chi connectivity index (χ3v) is 1.42. The van der Waals surface area contributed by atoms with Crippen LogP contribution < -0.4 is 5.84 Å². The van der Waals surface area contributed by atoms with E-state index in [1.807, 2.05) is 0 Å². The molecule has 0 saturated carbocycles. The van der Waals surface area contributed by atoms with Gasteiger partial charge >= 0.3 is 6.36 Å². The fraction of sp³-hybridized carbons (Fsp3) is 0.125. The van der Waals surface area contributed by atoms with E-state index in [1.165, 1.54) is 24.3 Å². The van der Waals surface area contributed by atoms with Crippen LogP contribution in [0.1, 0.15) is 10.4 Å². The molecule has 0 atom stereocenters. The van der Waals surface area contributed by atoms with Gasteiger partial charge in [-0.15, -0.1) is 18.3 Å². The van der Waals surface area contributed by atoms with Crippen LogP contribution >= 0.6 is 0 Å². The first-order valence-corrected chi connectivity index (χ1v) is 3.80. The number of alkyl halides is 3. The van der Waals surface area contributed by atoms with E-state index in [9.17, 15) is 18.0 Å². The number of carbonyl (C=O) groups is 1. The summed E-state index contributed by atoms with van der Waals surface area (Å²) in [6, 6.07) is 7.25. The van der Waals surface area contributed by atoms with Crippen molar-refractivity contribution in [3.05, 3.63) is 35.9 Å². The van der Waals surface area contributed by atoms with Crippen LogP contribution in [0.3, 0.4) is 0 Å². The van der Waals surface area contributed by atoms with E-state index in [0.29, 0.717) is 0 Å². The highest BCUT2D eigenvalue weighted by atomic mass is 19.4. The van der Waals surface area contributed by atoms with Gasteiger partial charge in [0.15, 0.2) is 0 Å². The number of halogens is 3. The summed E-state index contributed by atoms with van der Waals surface area (Å²) in [5, 5.41) is -0.352. The van der Waals surface area contributed by atoms with Crippen molar-refractivity contribution >= 4 is 5.91 Å². The van der Waals surface area contributed by atoms with Crippen molar-refractivity contribution in [2.75, 3.05) is 0 Å². The van der Waals surface area contributed by atoms with Gasteiger partial charge in [-0.2, -0.15) is 4.84 Å². The van der Waals surface area contributed by atoms with Crippen LogP contribution in [0.2, 0.25) is 0 Å². The van der Waals surface area contributed by atoms with Gasteiger partial charge in [0.1, 0.15) is 0 Å². The molecular formula is C8H7F3N2O2. The third-order valence-electron chi connectivity index (χ3n) is 1.42. The minimum absolute atomic E-state index is 0.00394. The maximum atomic E-state index is 11.7. The van der Waals surface area contributed by atoms with Crippen molar-refractivity contribution in [3.8, 4) is 0 Å². The van der Waals surface area contributed by atoms with Gasteiger partial charge in [-0.1, -0.05) is 18.2 Å². The van der Waals surface area contributed by atoms with Crippen LogP contribution in [-0.4, -0.2) is 17.4 Å². The average Bonchev–Trinajstić information content (AvgIpc) is 2.15. The lowest BCUT2D eigenvalue weighted by atomic mass is 10.2. The number of amides is 1. The molecule has 82 valence electrons. The molecule has 1 aromatic carbocycles. The summed E-state index contributed by atoms with van der Waals surface area (Å²) in [5.74, 6) is 3.70. The molecule has 7 heteroatoms. The Hall–Kier alpha value is -1.60. The molecule has 0 aliphatic carbocycles. The SMILES string of the molecule is NN(OC(F)(F)F)C(=O)c1ccccc1. The van der Waals surface area contributed by atoms with Crippen LogP contribution in [0, 0.1) is 0 Å². The standard InChI is InChI=1S/C8H7F3N2O2/c9-8(10,11)15-13(12)7(14)6-4-2-1-3-5-6/h1-5H,12H2. The van der Waals surface area contributed by atoms with Gasteiger partial charge < -0.3 is 0 Å². The lowest BCUT2D eigenvalue weighted by Crippen LogP contribution is -2.41. The molecule has 1 amide bonds. The summed E-state index contributed by atoms with van der Waals surface area (Å²) >= 11 is 0. The molecule has 0 aromatic heterocycles. The second-order valence-corrected chi connectivity index (χ2v) is 2.53. The Morgan fingerprint density at radius 1 is 1.27 bits per heavy atom. The molecule has 15 heavy (non-hydrogen) atoms. The molecule has 1 aromatic rings. The minimum Gasteiger partial charge on any atom is -0.265 e. The van der Waals surface area contributed by atoms with Gasteiger partial charge in [-0.3, -0.25) is 4.79 Å². The lowest BCUT2D eigenvalue weighted by molar-refractivity contribution is -0.400. The molecule has 0 spiro atoms. The maximum absolute atomic E-state index is 11.7. The highest BCUT2D eigenvalue weighted by Gasteiger charge is 2.34. The molecule has 0 fully saturated rings. The number of carbonyl (C=O) groups excluding carboxylic acids is 1. The largest absolute Gasteiger partial charge is 0.545 e. The Morgan fingerprint density at radius 2 is 1.80 bits per heavy atom. The van der Waals surface area contributed by atoms with E-state index in [1.54, 1.807) is 6.07 Å². The second kappa shape index (κ2) is 4.28.